The lowest BCUT2D eigenvalue weighted by atomic mass is 10.1. The van der Waals surface area contributed by atoms with E-state index in [9.17, 15) is 5.11 Å². The molecule has 0 saturated carbocycles. The quantitative estimate of drug-likeness (QED) is 0.685. The van der Waals surface area contributed by atoms with E-state index in [2.05, 4.69) is 41.4 Å². The Labute approximate surface area is 119 Å². The number of aliphatic hydroxyl groups is 1. The van der Waals surface area contributed by atoms with Gasteiger partial charge >= 0.3 is 0 Å². The number of nitrogens with one attached hydrogen (secondary N) is 2. The summed E-state index contributed by atoms with van der Waals surface area (Å²) in [4.78, 5) is 8.38. The van der Waals surface area contributed by atoms with E-state index in [1.54, 1.807) is 6.20 Å². The molecule has 0 fully saturated rings. The van der Waals surface area contributed by atoms with Gasteiger partial charge in [0.15, 0.2) is 5.82 Å². The smallest absolute Gasteiger partial charge is 0.224 e. The van der Waals surface area contributed by atoms with E-state index in [-0.39, 0.29) is 0 Å². The molecule has 0 bridgehead atoms. The van der Waals surface area contributed by atoms with E-state index in [1.807, 2.05) is 0 Å². The monoisotopic (exact) mass is 286 g/mol. The number of hydrogen-bond donors (Lipinski definition) is 3. The summed E-state index contributed by atoms with van der Waals surface area (Å²) in [6, 6.07) is 0. The fraction of sp³-hybridized carbons (Fsp3) is 0.692. The fourth-order valence-corrected chi connectivity index (χ4v) is 1.81. The molecule has 1 rings (SSSR count). The SMILES string of the molecule is CCCNc1ncc(Cl)c(NCC(O)CC(C)C)n1. The van der Waals surface area contributed by atoms with Gasteiger partial charge in [0.1, 0.15) is 5.02 Å². The normalized spacial score (nSPS) is 12.5. The average Bonchev–Trinajstić information content (AvgIpc) is 2.35. The van der Waals surface area contributed by atoms with Gasteiger partial charge in [0.2, 0.25) is 5.95 Å². The lowest BCUT2D eigenvalue weighted by molar-refractivity contribution is 0.161. The van der Waals surface area contributed by atoms with Gasteiger partial charge < -0.3 is 15.7 Å². The molecule has 0 aliphatic heterocycles. The van der Waals surface area contributed by atoms with Crippen molar-refractivity contribution in [2.45, 2.75) is 39.7 Å². The molecule has 19 heavy (non-hydrogen) atoms. The highest BCUT2D eigenvalue weighted by Crippen LogP contribution is 2.19. The largest absolute Gasteiger partial charge is 0.391 e. The van der Waals surface area contributed by atoms with Gasteiger partial charge in [-0.15, -0.1) is 0 Å². The first-order valence-electron chi connectivity index (χ1n) is 6.71. The van der Waals surface area contributed by atoms with Crippen LogP contribution in [0.2, 0.25) is 5.02 Å². The summed E-state index contributed by atoms with van der Waals surface area (Å²) in [5, 5.41) is 16.4. The molecule has 0 saturated heterocycles. The summed E-state index contributed by atoms with van der Waals surface area (Å²) < 4.78 is 0. The molecular formula is C13H23ClN4O. The van der Waals surface area contributed by atoms with Crippen LogP contribution >= 0.6 is 11.6 Å². The van der Waals surface area contributed by atoms with Crippen LogP contribution in [0.15, 0.2) is 6.20 Å². The van der Waals surface area contributed by atoms with Gasteiger partial charge in [0, 0.05) is 13.1 Å². The van der Waals surface area contributed by atoms with Gasteiger partial charge in [-0.05, 0) is 18.8 Å². The van der Waals surface area contributed by atoms with E-state index in [4.69, 9.17) is 11.6 Å². The van der Waals surface area contributed by atoms with Crippen LogP contribution in [0.5, 0.6) is 0 Å². The number of anilines is 2. The van der Waals surface area contributed by atoms with E-state index < -0.39 is 6.10 Å². The summed E-state index contributed by atoms with van der Waals surface area (Å²) in [5.74, 6) is 1.56. The topological polar surface area (TPSA) is 70.1 Å². The molecule has 1 unspecified atom stereocenters. The Morgan fingerprint density at radius 1 is 1.37 bits per heavy atom. The maximum Gasteiger partial charge on any atom is 0.224 e. The number of halogens is 1. The molecule has 3 N–H and O–H groups in total. The Hall–Kier alpha value is -1.07. The van der Waals surface area contributed by atoms with Gasteiger partial charge in [-0.2, -0.15) is 4.98 Å². The summed E-state index contributed by atoms with van der Waals surface area (Å²) in [5.41, 5.74) is 0. The zero-order chi connectivity index (χ0) is 14.3. The van der Waals surface area contributed by atoms with Crippen molar-refractivity contribution >= 4 is 23.4 Å². The zero-order valence-corrected chi connectivity index (χ0v) is 12.5. The molecule has 0 aliphatic carbocycles. The van der Waals surface area contributed by atoms with Gasteiger partial charge in [-0.1, -0.05) is 32.4 Å². The lowest BCUT2D eigenvalue weighted by Gasteiger charge is -2.15. The minimum absolute atomic E-state index is 0.405. The first-order chi connectivity index (χ1) is 9.02. The number of hydrogen-bond acceptors (Lipinski definition) is 5. The number of aliphatic hydroxyl groups excluding tert-OH is 1. The number of aromatic nitrogens is 2. The second-order valence-electron chi connectivity index (χ2n) is 4.98. The minimum atomic E-state index is -0.405. The first kappa shape index (κ1) is 16.0. The van der Waals surface area contributed by atoms with Crippen LogP contribution in [-0.2, 0) is 0 Å². The molecule has 0 spiro atoms. The van der Waals surface area contributed by atoms with Crippen LogP contribution in [0, 0.1) is 5.92 Å². The van der Waals surface area contributed by atoms with E-state index >= 15 is 0 Å². The Bertz CT molecular complexity index is 387. The summed E-state index contributed by atoms with van der Waals surface area (Å²) in [6.07, 6.45) is 2.90. The van der Waals surface area contributed by atoms with Crippen LogP contribution < -0.4 is 10.6 Å². The van der Waals surface area contributed by atoms with E-state index in [1.165, 1.54) is 0 Å². The molecule has 0 aliphatic rings. The van der Waals surface area contributed by atoms with Crippen LogP contribution in [0.4, 0.5) is 11.8 Å². The van der Waals surface area contributed by atoms with Gasteiger partial charge in [0.25, 0.3) is 0 Å². The third kappa shape index (κ3) is 6.07. The van der Waals surface area contributed by atoms with Crippen LogP contribution in [0.25, 0.3) is 0 Å². The molecule has 1 atom stereocenters. The molecule has 108 valence electrons. The Morgan fingerprint density at radius 2 is 2.11 bits per heavy atom. The van der Waals surface area contributed by atoms with Crippen LogP contribution in [0.3, 0.4) is 0 Å². The first-order valence-corrected chi connectivity index (χ1v) is 7.09. The summed E-state index contributed by atoms with van der Waals surface area (Å²) in [7, 11) is 0. The second-order valence-corrected chi connectivity index (χ2v) is 5.39. The molecule has 0 radical (unpaired) electrons. The highest BCUT2D eigenvalue weighted by molar-refractivity contribution is 6.32. The standard InChI is InChI=1S/C13H23ClN4O/c1-4-5-15-13-17-8-11(14)12(18-13)16-7-10(19)6-9(2)3/h8-10,19H,4-7H2,1-3H3,(H2,15,16,17,18). The molecule has 1 heterocycles. The van der Waals surface area contributed by atoms with E-state index in [0.29, 0.717) is 29.3 Å². The van der Waals surface area contributed by atoms with Crippen molar-refractivity contribution in [3.05, 3.63) is 11.2 Å². The molecule has 1 aromatic heterocycles. The third-order valence-electron chi connectivity index (χ3n) is 2.53. The van der Waals surface area contributed by atoms with Crippen molar-refractivity contribution in [1.29, 1.82) is 0 Å². The third-order valence-corrected chi connectivity index (χ3v) is 2.80. The fourth-order valence-electron chi connectivity index (χ4n) is 1.66. The van der Waals surface area contributed by atoms with Crippen molar-refractivity contribution in [1.82, 2.24) is 9.97 Å². The number of nitrogens with zero attached hydrogens (tertiary/aromatic N) is 2. The molecule has 0 aromatic carbocycles. The number of rotatable bonds is 8. The van der Waals surface area contributed by atoms with Gasteiger partial charge in [-0.25, -0.2) is 4.98 Å². The van der Waals surface area contributed by atoms with Crippen LogP contribution in [0.1, 0.15) is 33.6 Å². The molecular weight excluding hydrogens is 264 g/mol. The van der Waals surface area contributed by atoms with Crippen molar-refractivity contribution in [2.75, 3.05) is 23.7 Å². The summed E-state index contributed by atoms with van der Waals surface area (Å²) >= 11 is 6.02. The van der Waals surface area contributed by atoms with Crippen molar-refractivity contribution in [3.8, 4) is 0 Å². The molecule has 1 aromatic rings. The Kier molecular flexibility index (Phi) is 6.87. The lowest BCUT2D eigenvalue weighted by Crippen LogP contribution is -2.22. The average molecular weight is 287 g/mol. The molecule has 5 nitrogen and oxygen atoms in total. The highest BCUT2D eigenvalue weighted by atomic mass is 35.5. The molecule has 0 amide bonds. The zero-order valence-electron chi connectivity index (χ0n) is 11.8. The Balaban J connectivity index is 2.56. The van der Waals surface area contributed by atoms with Gasteiger partial charge in [0.05, 0.1) is 12.3 Å². The molecule has 6 heteroatoms. The predicted octanol–water partition coefficient (Wildman–Crippen LogP) is 2.77. The minimum Gasteiger partial charge on any atom is -0.391 e. The Morgan fingerprint density at radius 3 is 2.74 bits per heavy atom. The van der Waals surface area contributed by atoms with Crippen molar-refractivity contribution in [3.63, 3.8) is 0 Å². The van der Waals surface area contributed by atoms with Gasteiger partial charge in [-0.3, -0.25) is 0 Å². The maximum absolute atomic E-state index is 9.82. The van der Waals surface area contributed by atoms with Crippen LogP contribution in [-0.4, -0.2) is 34.3 Å². The predicted molar refractivity (Wildman–Crippen MR) is 79.8 cm³/mol. The van der Waals surface area contributed by atoms with Crippen molar-refractivity contribution in [2.24, 2.45) is 5.92 Å². The maximum atomic E-state index is 9.82. The van der Waals surface area contributed by atoms with Crippen molar-refractivity contribution < 1.29 is 5.11 Å². The second kappa shape index (κ2) is 8.17. The van der Waals surface area contributed by atoms with E-state index in [0.717, 1.165) is 19.4 Å². The highest BCUT2D eigenvalue weighted by Gasteiger charge is 2.09. The summed E-state index contributed by atoms with van der Waals surface area (Å²) in [6.45, 7) is 7.48.